The number of aromatic nitrogens is 3. The van der Waals surface area contributed by atoms with Crippen LogP contribution < -0.4 is 5.73 Å². The van der Waals surface area contributed by atoms with Gasteiger partial charge in [0.25, 0.3) is 5.89 Å². The number of alkyl halides is 3. The Bertz CT molecular complexity index is 983. The largest absolute Gasteiger partial charge is 0.442 e. The SMILES string of the molecule is NC(CCCCCC(=O)c1ncco1)c1ncc(-c2ccc(C(F)(F)F)cc2F)[nH]1. The third-order valence-corrected chi connectivity index (χ3v) is 4.62. The third-order valence-electron chi connectivity index (χ3n) is 4.62. The van der Waals surface area contributed by atoms with Gasteiger partial charge < -0.3 is 15.1 Å². The van der Waals surface area contributed by atoms with E-state index < -0.39 is 23.6 Å². The van der Waals surface area contributed by atoms with Gasteiger partial charge >= 0.3 is 6.18 Å². The number of rotatable bonds is 9. The van der Waals surface area contributed by atoms with E-state index in [1.807, 2.05) is 0 Å². The summed E-state index contributed by atoms with van der Waals surface area (Å²) in [7, 11) is 0. The number of halogens is 4. The predicted molar refractivity (Wildman–Crippen MR) is 99.8 cm³/mol. The zero-order valence-electron chi connectivity index (χ0n) is 15.9. The minimum absolute atomic E-state index is 0.0148. The van der Waals surface area contributed by atoms with E-state index in [2.05, 4.69) is 15.0 Å². The van der Waals surface area contributed by atoms with Crippen molar-refractivity contribution in [3.05, 3.63) is 60.0 Å². The molecule has 2 aromatic heterocycles. The van der Waals surface area contributed by atoms with Crippen molar-refractivity contribution < 1.29 is 26.8 Å². The number of carbonyl (C=O) groups is 1. The molecule has 0 aliphatic rings. The van der Waals surface area contributed by atoms with Crippen molar-refractivity contribution >= 4 is 5.78 Å². The summed E-state index contributed by atoms with van der Waals surface area (Å²) < 4.78 is 57.1. The summed E-state index contributed by atoms with van der Waals surface area (Å²) in [5, 5.41) is 0. The van der Waals surface area contributed by atoms with Crippen LogP contribution in [0.15, 0.2) is 41.3 Å². The monoisotopic (exact) mass is 424 g/mol. The average molecular weight is 424 g/mol. The van der Waals surface area contributed by atoms with E-state index in [4.69, 9.17) is 10.2 Å². The molecule has 0 aliphatic carbocycles. The van der Waals surface area contributed by atoms with E-state index in [1.165, 1.54) is 18.7 Å². The Morgan fingerprint density at radius 2 is 2.00 bits per heavy atom. The summed E-state index contributed by atoms with van der Waals surface area (Å²) in [5.74, 6) is -0.631. The third kappa shape index (κ3) is 5.32. The number of hydrogen-bond donors (Lipinski definition) is 2. The number of unbranched alkanes of at least 4 members (excludes halogenated alkanes) is 2. The summed E-state index contributed by atoms with van der Waals surface area (Å²) >= 11 is 0. The minimum atomic E-state index is -4.61. The number of H-pyrrole nitrogens is 1. The fourth-order valence-electron chi connectivity index (χ4n) is 3.00. The van der Waals surface area contributed by atoms with Crippen LogP contribution in [0.2, 0.25) is 0 Å². The van der Waals surface area contributed by atoms with E-state index in [9.17, 15) is 22.4 Å². The first-order valence-electron chi connectivity index (χ1n) is 9.36. The smallest absolute Gasteiger partial charge is 0.416 e. The number of nitrogens with two attached hydrogens (primary N) is 1. The molecule has 30 heavy (non-hydrogen) atoms. The number of carbonyl (C=O) groups excluding carboxylic acids is 1. The normalized spacial score (nSPS) is 12.8. The Hall–Kier alpha value is -3.01. The van der Waals surface area contributed by atoms with Gasteiger partial charge in [-0.3, -0.25) is 4.79 Å². The number of nitrogens with one attached hydrogen (secondary N) is 1. The van der Waals surface area contributed by atoms with Crippen molar-refractivity contribution in [2.45, 2.75) is 44.3 Å². The minimum Gasteiger partial charge on any atom is -0.442 e. The number of oxazole rings is 1. The van der Waals surface area contributed by atoms with E-state index in [0.717, 1.165) is 25.0 Å². The van der Waals surface area contributed by atoms with Crippen molar-refractivity contribution in [2.75, 3.05) is 0 Å². The van der Waals surface area contributed by atoms with Gasteiger partial charge in [-0.1, -0.05) is 12.8 Å². The number of Topliss-reactive ketones (excluding diaryl/α,β-unsaturated/α-hetero) is 1. The molecule has 10 heteroatoms. The maximum Gasteiger partial charge on any atom is 0.416 e. The highest BCUT2D eigenvalue weighted by Gasteiger charge is 2.31. The lowest BCUT2D eigenvalue weighted by Gasteiger charge is -2.09. The fraction of sp³-hybridized carbons (Fsp3) is 0.350. The van der Waals surface area contributed by atoms with Gasteiger partial charge in [0.15, 0.2) is 0 Å². The lowest BCUT2D eigenvalue weighted by Crippen LogP contribution is -2.12. The van der Waals surface area contributed by atoms with Gasteiger partial charge in [-0.15, -0.1) is 0 Å². The van der Waals surface area contributed by atoms with Crippen LogP contribution >= 0.6 is 0 Å². The zero-order valence-corrected chi connectivity index (χ0v) is 15.9. The first kappa shape index (κ1) is 21.7. The number of imidazole rings is 1. The Kier molecular flexibility index (Phi) is 6.66. The Labute approximate surface area is 169 Å². The maximum absolute atomic E-state index is 14.1. The molecule has 3 aromatic rings. The quantitative estimate of drug-likeness (QED) is 0.284. The summed E-state index contributed by atoms with van der Waals surface area (Å²) in [4.78, 5) is 22.6. The molecule has 1 atom stereocenters. The number of nitrogens with zero attached hydrogens (tertiary/aromatic N) is 2. The van der Waals surface area contributed by atoms with E-state index in [0.29, 0.717) is 31.2 Å². The van der Waals surface area contributed by atoms with Gasteiger partial charge in [-0.25, -0.2) is 14.4 Å². The first-order valence-corrected chi connectivity index (χ1v) is 9.36. The van der Waals surface area contributed by atoms with Crippen LogP contribution in [0.5, 0.6) is 0 Å². The summed E-state index contributed by atoms with van der Waals surface area (Å²) in [5.41, 5.74) is 5.28. The van der Waals surface area contributed by atoms with E-state index in [1.54, 1.807) is 0 Å². The molecule has 0 saturated heterocycles. The van der Waals surface area contributed by atoms with Crippen LogP contribution in [0.4, 0.5) is 17.6 Å². The number of ketones is 1. The number of hydrogen-bond acceptors (Lipinski definition) is 5. The van der Waals surface area contributed by atoms with Crippen molar-refractivity contribution in [3.63, 3.8) is 0 Å². The van der Waals surface area contributed by atoms with Gasteiger partial charge in [0.2, 0.25) is 5.78 Å². The molecule has 6 nitrogen and oxygen atoms in total. The Morgan fingerprint density at radius 3 is 2.67 bits per heavy atom. The second-order valence-electron chi connectivity index (χ2n) is 6.84. The predicted octanol–water partition coefficient (Wildman–Crippen LogP) is 5.06. The van der Waals surface area contributed by atoms with Crippen LogP contribution in [0.25, 0.3) is 11.3 Å². The maximum atomic E-state index is 14.1. The van der Waals surface area contributed by atoms with Gasteiger partial charge in [-0.05, 0) is 31.0 Å². The second-order valence-corrected chi connectivity index (χ2v) is 6.84. The van der Waals surface area contributed by atoms with E-state index >= 15 is 0 Å². The molecule has 0 fully saturated rings. The van der Waals surface area contributed by atoms with Crippen LogP contribution in [0, 0.1) is 5.82 Å². The van der Waals surface area contributed by atoms with Gasteiger partial charge in [0, 0.05) is 12.0 Å². The molecule has 3 N–H and O–H groups in total. The molecule has 160 valence electrons. The topological polar surface area (TPSA) is 97.8 Å². The lowest BCUT2D eigenvalue weighted by molar-refractivity contribution is -0.137. The van der Waals surface area contributed by atoms with Crippen molar-refractivity contribution in [3.8, 4) is 11.3 Å². The van der Waals surface area contributed by atoms with Crippen LogP contribution in [-0.2, 0) is 6.18 Å². The summed E-state index contributed by atoms with van der Waals surface area (Å²) in [6.45, 7) is 0. The molecule has 0 saturated carbocycles. The Balaban J connectivity index is 1.50. The molecule has 1 unspecified atom stereocenters. The van der Waals surface area contributed by atoms with E-state index in [-0.39, 0.29) is 22.9 Å². The lowest BCUT2D eigenvalue weighted by atomic mass is 10.1. The molecule has 0 amide bonds. The number of benzene rings is 1. The van der Waals surface area contributed by atoms with Crippen LogP contribution in [0.1, 0.15) is 60.2 Å². The molecule has 0 aliphatic heterocycles. The average Bonchev–Trinajstić information content (AvgIpc) is 3.39. The van der Waals surface area contributed by atoms with Gasteiger partial charge in [-0.2, -0.15) is 13.2 Å². The molecule has 3 rings (SSSR count). The highest BCUT2D eigenvalue weighted by Crippen LogP contribution is 2.32. The Morgan fingerprint density at radius 1 is 1.20 bits per heavy atom. The molecule has 2 heterocycles. The fourth-order valence-corrected chi connectivity index (χ4v) is 3.00. The van der Waals surface area contributed by atoms with Crippen molar-refractivity contribution in [1.82, 2.24) is 15.0 Å². The molecule has 1 aromatic carbocycles. The van der Waals surface area contributed by atoms with Gasteiger partial charge in [0.05, 0.1) is 29.7 Å². The second kappa shape index (κ2) is 9.21. The molecular formula is C20H20F4N4O2. The molecule has 0 spiro atoms. The van der Waals surface area contributed by atoms with Crippen LogP contribution in [0.3, 0.4) is 0 Å². The highest BCUT2D eigenvalue weighted by molar-refractivity contribution is 5.91. The van der Waals surface area contributed by atoms with Crippen molar-refractivity contribution in [2.24, 2.45) is 5.73 Å². The molecule has 0 bridgehead atoms. The standard InChI is InChI=1S/C20H20F4N4O2/c21-14-10-12(20(22,23)24)6-7-13(14)16-11-27-18(28-16)15(25)4-2-1-3-5-17(29)19-26-8-9-30-19/h6-11,15H,1-5,25H2,(H,27,28). The number of aromatic amines is 1. The molecular weight excluding hydrogens is 404 g/mol. The van der Waals surface area contributed by atoms with Crippen molar-refractivity contribution in [1.29, 1.82) is 0 Å². The van der Waals surface area contributed by atoms with Gasteiger partial charge in [0.1, 0.15) is 17.9 Å². The summed E-state index contributed by atoms with van der Waals surface area (Å²) in [6.07, 6.45) is 2.57. The molecule has 0 radical (unpaired) electrons. The summed E-state index contributed by atoms with van der Waals surface area (Å²) in [6, 6.07) is 1.89. The zero-order chi connectivity index (χ0) is 21.7. The highest BCUT2D eigenvalue weighted by atomic mass is 19.4. The van der Waals surface area contributed by atoms with Crippen LogP contribution in [-0.4, -0.2) is 20.7 Å². The first-order chi connectivity index (χ1) is 14.3.